The summed E-state index contributed by atoms with van der Waals surface area (Å²) in [6, 6.07) is 7.19. The van der Waals surface area contributed by atoms with Crippen LogP contribution in [0.3, 0.4) is 0 Å². The van der Waals surface area contributed by atoms with Crippen LogP contribution in [0.25, 0.3) is 11.0 Å². The molecule has 58 heavy (non-hydrogen) atoms. The highest BCUT2D eigenvalue weighted by molar-refractivity contribution is 5.92. The number of rotatable bonds is 10. The van der Waals surface area contributed by atoms with Crippen molar-refractivity contribution in [1.82, 2.24) is 35.0 Å². The van der Waals surface area contributed by atoms with Crippen LogP contribution >= 0.6 is 0 Å². The first kappa shape index (κ1) is 41.6. The van der Waals surface area contributed by atoms with Gasteiger partial charge in [-0.15, -0.1) is 0 Å². The SMILES string of the molecule is CCc1cc2ncc(CN3CCN(c4ccc(C(=O)N5CCC(OC6CCN(C(=O)[C@H](NC(=O)OC(C)(C)C)C7CCCCC7)CC6)CC5)nc4)CC3)cc2[nH]c1=O. The van der Waals surface area contributed by atoms with Gasteiger partial charge < -0.3 is 34.5 Å². The van der Waals surface area contributed by atoms with E-state index < -0.39 is 17.7 Å². The summed E-state index contributed by atoms with van der Waals surface area (Å²) in [7, 11) is 0. The number of aromatic nitrogens is 3. The fourth-order valence-electron chi connectivity index (χ4n) is 8.96. The average Bonchev–Trinajstić information content (AvgIpc) is 3.22. The second-order valence-electron chi connectivity index (χ2n) is 17.6. The van der Waals surface area contributed by atoms with Crippen molar-refractivity contribution >= 4 is 34.6 Å². The average molecular weight is 799 g/mol. The molecule has 314 valence electrons. The van der Waals surface area contributed by atoms with E-state index >= 15 is 0 Å². The van der Waals surface area contributed by atoms with Crippen molar-refractivity contribution in [1.29, 1.82) is 0 Å². The summed E-state index contributed by atoms with van der Waals surface area (Å²) in [5, 5.41) is 2.94. The molecule has 0 radical (unpaired) electrons. The van der Waals surface area contributed by atoms with Crippen molar-refractivity contribution in [2.75, 3.05) is 57.3 Å². The van der Waals surface area contributed by atoms with Gasteiger partial charge in [0.1, 0.15) is 17.3 Å². The minimum absolute atomic E-state index is 0.00975. The van der Waals surface area contributed by atoms with E-state index in [4.69, 9.17) is 9.47 Å². The number of aryl methyl sites for hydroxylation is 1. The Hall–Kier alpha value is -4.56. The highest BCUT2D eigenvalue weighted by atomic mass is 16.6. The van der Waals surface area contributed by atoms with Crippen LogP contribution in [0.2, 0.25) is 0 Å². The number of anilines is 1. The Labute approximate surface area is 342 Å². The predicted octanol–water partition coefficient (Wildman–Crippen LogP) is 5.29. The van der Waals surface area contributed by atoms with E-state index in [0.717, 1.165) is 112 Å². The van der Waals surface area contributed by atoms with Crippen LogP contribution in [0.4, 0.5) is 10.5 Å². The van der Waals surface area contributed by atoms with Crippen LogP contribution in [0, 0.1) is 5.92 Å². The van der Waals surface area contributed by atoms with Crippen molar-refractivity contribution in [2.24, 2.45) is 5.92 Å². The monoisotopic (exact) mass is 798 g/mol. The first-order valence-corrected chi connectivity index (χ1v) is 21.6. The van der Waals surface area contributed by atoms with Gasteiger partial charge >= 0.3 is 6.09 Å². The third-order valence-corrected chi connectivity index (χ3v) is 12.2. The number of fused-ring (bicyclic) bond motifs is 1. The lowest BCUT2D eigenvalue weighted by Gasteiger charge is -2.39. The first-order valence-electron chi connectivity index (χ1n) is 21.6. The van der Waals surface area contributed by atoms with E-state index in [2.05, 4.69) is 30.1 Å². The van der Waals surface area contributed by atoms with E-state index in [0.29, 0.717) is 38.3 Å². The van der Waals surface area contributed by atoms with Gasteiger partial charge in [0.15, 0.2) is 0 Å². The topological polar surface area (TPSA) is 153 Å². The number of hydrogen-bond acceptors (Lipinski definition) is 10. The molecule has 1 aliphatic carbocycles. The van der Waals surface area contributed by atoms with Gasteiger partial charge in [0.25, 0.3) is 11.5 Å². The molecule has 3 saturated heterocycles. The maximum Gasteiger partial charge on any atom is 0.408 e. The first-order chi connectivity index (χ1) is 27.9. The predicted molar refractivity (Wildman–Crippen MR) is 223 cm³/mol. The summed E-state index contributed by atoms with van der Waals surface area (Å²) >= 11 is 0. The van der Waals surface area contributed by atoms with E-state index in [9.17, 15) is 19.2 Å². The van der Waals surface area contributed by atoms with Gasteiger partial charge in [0.05, 0.1) is 35.1 Å². The number of carbonyl (C=O) groups excluding carboxylic acids is 3. The molecule has 0 unspecified atom stereocenters. The van der Waals surface area contributed by atoms with Gasteiger partial charge in [0, 0.05) is 70.7 Å². The summed E-state index contributed by atoms with van der Waals surface area (Å²) in [4.78, 5) is 72.9. The maximum atomic E-state index is 13.8. The number of pyridine rings is 3. The van der Waals surface area contributed by atoms with Crippen LogP contribution in [0.15, 0.2) is 41.5 Å². The largest absolute Gasteiger partial charge is 0.444 e. The number of nitrogens with one attached hydrogen (secondary N) is 2. The quantitative estimate of drug-likeness (QED) is 0.277. The fraction of sp³-hybridized carbons (Fsp3) is 0.636. The van der Waals surface area contributed by atoms with Crippen LogP contribution < -0.4 is 15.8 Å². The van der Waals surface area contributed by atoms with Gasteiger partial charge in [-0.2, -0.15) is 0 Å². The molecule has 0 aromatic carbocycles. The smallest absolute Gasteiger partial charge is 0.408 e. The Kier molecular flexibility index (Phi) is 13.3. The highest BCUT2D eigenvalue weighted by Gasteiger charge is 2.37. The molecule has 2 N–H and O–H groups in total. The Morgan fingerprint density at radius 1 is 0.845 bits per heavy atom. The van der Waals surface area contributed by atoms with E-state index in [1.165, 1.54) is 6.42 Å². The standard InChI is InChI=1S/C44H62N8O6/c1-5-31-26-37-38(47-40(31)53)25-30(27-45-37)29-49-21-23-50(24-22-49)33-11-12-36(46-28-33)41(54)51-17-13-34(14-18-51)57-35-15-19-52(20-16-35)42(55)39(32-9-7-6-8-10-32)48-43(56)58-44(2,3)4/h11-12,25-28,32,34-35,39H,5-10,13-24,29H2,1-4H3,(H,47,53)(H,48,56)/t39-/m1/s1. The molecule has 0 spiro atoms. The molecule has 0 bridgehead atoms. The minimum Gasteiger partial charge on any atom is -0.444 e. The van der Waals surface area contributed by atoms with Crippen molar-refractivity contribution in [3.8, 4) is 0 Å². The molecule has 3 aromatic heterocycles. The molecule has 4 fully saturated rings. The number of amides is 3. The summed E-state index contributed by atoms with van der Waals surface area (Å²) < 4.78 is 12.1. The molecule has 7 rings (SSSR count). The van der Waals surface area contributed by atoms with Crippen molar-refractivity contribution in [2.45, 2.75) is 122 Å². The van der Waals surface area contributed by atoms with Crippen LogP contribution in [0.5, 0.6) is 0 Å². The molecule has 3 aromatic rings. The Bertz CT molecular complexity index is 1930. The maximum absolute atomic E-state index is 13.8. The molecule has 14 heteroatoms. The molecule has 1 atom stereocenters. The number of alkyl carbamates (subject to hydrolysis) is 1. The minimum atomic E-state index is -0.630. The second kappa shape index (κ2) is 18.6. The molecular formula is C44H62N8O6. The molecule has 14 nitrogen and oxygen atoms in total. The normalized spacial score (nSPS) is 20.0. The summed E-state index contributed by atoms with van der Waals surface area (Å²) in [6.45, 7) is 14.1. The zero-order chi connectivity index (χ0) is 40.8. The lowest BCUT2D eigenvalue weighted by Crippen LogP contribution is -2.55. The number of ether oxygens (including phenoxy) is 2. The van der Waals surface area contributed by atoms with Crippen LogP contribution in [-0.4, -0.2) is 124 Å². The van der Waals surface area contributed by atoms with Crippen LogP contribution in [0.1, 0.15) is 107 Å². The third kappa shape index (κ3) is 10.5. The zero-order valence-corrected chi connectivity index (χ0v) is 34.8. The van der Waals surface area contributed by atoms with E-state index in [-0.39, 0.29) is 35.5 Å². The number of piperazine rings is 1. The number of carbonyl (C=O) groups is 3. The molecular weight excluding hydrogens is 737 g/mol. The lowest BCUT2D eigenvalue weighted by atomic mass is 9.83. The van der Waals surface area contributed by atoms with Crippen molar-refractivity contribution < 1.29 is 23.9 Å². The number of hydrogen-bond donors (Lipinski definition) is 2. The van der Waals surface area contributed by atoms with Gasteiger partial charge in [0.2, 0.25) is 5.91 Å². The van der Waals surface area contributed by atoms with Gasteiger partial charge in [-0.3, -0.25) is 24.3 Å². The van der Waals surface area contributed by atoms with Crippen LogP contribution in [-0.2, 0) is 27.2 Å². The number of piperidine rings is 2. The summed E-state index contributed by atoms with van der Waals surface area (Å²) in [5.74, 6) is 0.0666. The molecule has 3 aliphatic heterocycles. The Morgan fingerprint density at radius 3 is 2.14 bits per heavy atom. The Balaban J connectivity index is 0.827. The van der Waals surface area contributed by atoms with E-state index in [1.54, 1.807) is 0 Å². The number of H-pyrrole nitrogens is 1. The zero-order valence-electron chi connectivity index (χ0n) is 34.8. The molecule has 4 aliphatic rings. The molecule has 3 amide bonds. The van der Waals surface area contributed by atoms with Gasteiger partial charge in [-0.1, -0.05) is 26.2 Å². The third-order valence-electron chi connectivity index (χ3n) is 12.2. The number of nitrogens with zero attached hydrogens (tertiary/aromatic N) is 6. The van der Waals surface area contributed by atoms with Gasteiger partial charge in [-0.25, -0.2) is 9.78 Å². The van der Waals surface area contributed by atoms with E-state index in [1.807, 2.05) is 74.2 Å². The van der Waals surface area contributed by atoms with Crippen molar-refractivity contribution in [3.63, 3.8) is 0 Å². The molecule has 1 saturated carbocycles. The number of aromatic amines is 1. The molecule has 6 heterocycles. The fourth-order valence-corrected chi connectivity index (χ4v) is 8.96. The highest BCUT2D eigenvalue weighted by Crippen LogP contribution is 2.29. The Morgan fingerprint density at radius 2 is 1.52 bits per heavy atom. The summed E-state index contributed by atoms with van der Waals surface area (Å²) in [6.07, 6.45) is 12.2. The number of likely N-dealkylation sites (tertiary alicyclic amines) is 2. The lowest BCUT2D eigenvalue weighted by molar-refractivity contribution is -0.139. The summed E-state index contributed by atoms with van der Waals surface area (Å²) in [5.41, 5.74) is 4.20. The second-order valence-corrected chi connectivity index (χ2v) is 17.6. The van der Waals surface area contributed by atoms with Crippen molar-refractivity contribution in [3.05, 3.63) is 63.8 Å². The van der Waals surface area contributed by atoms with Gasteiger partial charge in [-0.05, 0) is 101 Å².